The van der Waals surface area contributed by atoms with Gasteiger partial charge >= 0.3 is 6.11 Å². The highest BCUT2D eigenvalue weighted by Gasteiger charge is 2.35. The average molecular weight is 479 g/mol. The summed E-state index contributed by atoms with van der Waals surface area (Å²) in [6.07, 6.45) is 10.4. The summed E-state index contributed by atoms with van der Waals surface area (Å²) in [4.78, 5) is 0. The lowest BCUT2D eigenvalue weighted by Gasteiger charge is -2.28. The van der Waals surface area contributed by atoms with Crippen LogP contribution < -0.4 is 4.74 Å². The Hall–Kier alpha value is -2.37. The van der Waals surface area contributed by atoms with E-state index in [2.05, 4.69) is 23.8 Å². The minimum Gasteiger partial charge on any atom is -0.429 e. The minimum absolute atomic E-state index is 0.323. The maximum Gasteiger partial charge on any atom is 0.426 e. The van der Waals surface area contributed by atoms with Crippen molar-refractivity contribution in [3.63, 3.8) is 0 Å². The van der Waals surface area contributed by atoms with Gasteiger partial charge in [0.2, 0.25) is 0 Å². The molecule has 0 aromatic heterocycles. The predicted molar refractivity (Wildman–Crippen MR) is 122 cm³/mol. The molecule has 2 aromatic rings. The van der Waals surface area contributed by atoms with E-state index in [-0.39, 0.29) is 0 Å². The van der Waals surface area contributed by atoms with Crippen LogP contribution in [-0.2, 0) is 6.11 Å². The summed E-state index contributed by atoms with van der Waals surface area (Å²) in [5, 5.41) is 0. The van der Waals surface area contributed by atoms with Crippen molar-refractivity contribution >= 4 is 0 Å². The smallest absolute Gasteiger partial charge is 0.426 e. The van der Waals surface area contributed by atoms with Gasteiger partial charge < -0.3 is 4.74 Å². The molecule has 2 aliphatic rings. The standard InChI is InChI=1S/C28H31F5O/c1-18-2-4-19(5-3-18)6-7-20-8-10-21(11-9-20)22-12-14-23(15-13-22)28(32,33)34-24-16-25(29)27(31)26(30)17-24/h6-7,12-21H,2-5,8-11H2,1H3/b7-6+. The molecule has 1 nitrogen and oxygen atoms in total. The van der Waals surface area contributed by atoms with E-state index in [1.54, 1.807) is 12.1 Å². The first-order chi connectivity index (χ1) is 16.2. The first kappa shape index (κ1) is 24.7. The largest absolute Gasteiger partial charge is 0.429 e. The lowest BCUT2D eigenvalue weighted by atomic mass is 9.77. The molecule has 0 unspecified atom stereocenters. The highest BCUT2D eigenvalue weighted by Crippen LogP contribution is 2.39. The summed E-state index contributed by atoms with van der Waals surface area (Å²) in [6.45, 7) is 2.33. The molecule has 2 fully saturated rings. The molecule has 0 heterocycles. The first-order valence-corrected chi connectivity index (χ1v) is 12.2. The Labute approximate surface area is 198 Å². The van der Waals surface area contributed by atoms with Gasteiger partial charge in [-0.2, -0.15) is 8.78 Å². The van der Waals surface area contributed by atoms with Crippen molar-refractivity contribution in [2.45, 2.75) is 70.3 Å². The Morgan fingerprint density at radius 1 is 0.765 bits per heavy atom. The van der Waals surface area contributed by atoms with Crippen LogP contribution in [0.1, 0.15) is 75.3 Å². The summed E-state index contributed by atoms with van der Waals surface area (Å²) in [5.74, 6) is -3.19. The molecule has 0 N–H and O–H groups in total. The van der Waals surface area contributed by atoms with Crippen LogP contribution in [0.25, 0.3) is 0 Å². The molecule has 4 rings (SSSR count). The van der Waals surface area contributed by atoms with E-state index < -0.39 is 34.9 Å². The quantitative estimate of drug-likeness (QED) is 0.229. The normalized spacial score (nSPS) is 26.1. The third-order valence-electron chi connectivity index (χ3n) is 7.41. The summed E-state index contributed by atoms with van der Waals surface area (Å²) < 4.78 is 73.2. The highest BCUT2D eigenvalue weighted by atomic mass is 19.3. The maximum absolute atomic E-state index is 14.5. The lowest BCUT2D eigenvalue weighted by molar-refractivity contribution is -0.185. The fraction of sp³-hybridized carbons (Fsp3) is 0.500. The molecule has 2 aromatic carbocycles. The van der Waals surface area contributed by atoms with Gasteiger partial charge in [-0.3, -0.25) is 0 Å². The summed E-state index contributed by atoms with van der Waals surface area (Å²) in [7, 11) is 0. The maximum atomic E-state index is 14.5. The van der Waals surface area contributed by atoms with Crippen LogP contribution in [-0.4, -0.2) is 0 Å². The minimum atomic E-state index is -3.81. The van der Waals surface area contributed by atoms with Crippen molar-refractivity contribution in [3.05, 3.63) is 77.1 Å². The number of alkyl halides is 2. The molecule has 0 spiro atoms. The van der Waals surface area contributed by atoms with Gasteiger partial charge in [-0.25, -0.2) is 13.2 Å². The third-order valence-corrected chi connectivity index (χ3v) is 7.41. The van der Waals surface area contributed by atoms with Gasteiger partial charge in [0.25, 0.3) is 0 Å². The zero-order valence-corrected chi connectivity index (χ0v) is 19.4. The van der Waals surface area contributed by atoms with Crippen LogP contribution in [0, 0.1) is 35.2 Å². The Morgan fingerprint density at radius 3 is 1.79 bits per heavy atom. The number of hydrogen-bond donors (Lipinski definition) is 0. The van der Waals surface area contributed by atoms with Crippen molar-refractivity contribution in [3.8, 4) is 5.75 Å². The molecule has 184 valence electrons. The molecule has 0 bridgehead atoms. The van der Waals surface area contributed by atoms with Crippen molar-refractivity contribution in [2.75, 3.05) is 0 Å². The number of allylic oxidation sites excluding steroid dienone is 2. The number of ether oxygens (including phenoxy) is 1. The fourth-order valence-electron chi connectivity index (χ4n) is 5.19. The Kier molecular flexibility index (Phi) is 7.63. The summed E-state index contributed by atoms with van der Waals surface area (Å²) >= 11 is 0. The fourth-order valence-corrected chi connectivity index (χ4v) is 5.19. The lowest BCUT2D eigenvalue weighted by Crippen LogP contribution is -2.22. The number of hydrogen-bond acceptors (Lipinski definition) is 1. The van der Waals surface area contributed by atoms with Crippen molar-refractivity contribution in [2.24, 2.45) is 17.8 Å². The summed E-state index contributed by atoms with van der Waals surface area (Å²) in [6, 6.07) is 6.71. The molecule has 34 heavy (non-hydrogen) atoms. The van der Waals surface area contributed by atoms with E-state index in [4.69, 9.17) is 0 Å². The van der Waals surface area contributed by atoms with Crippen LogP contribution in [0.2, 0.25) is 0 Å². The van der Waals surface area contributed by atoms with Crippen LogP contribution >= 0.6 is 0 Å². The van der Waals surface area contributed by atoms with Crippen molar-refractivity contribution in [1.82, 2.24) is 0 Å². The average Bonchev–Trinajstić information content (AvgIpc) is 2.82. The third kappa shape index (κ3) is 6.00. The van der Waals surface area contributed by atoms with Crippen molar-refractivity contribution < 1.29 is 26.7 Å². The van der Waals surface area contributed by atoms with Gasteiger partial charge in [0.1, 0.15) is 5.75 Å². The van der Waals surface area contributed by atoms with E-state index in [0.29, 0.717) is 29.9 Å². The Morgan fingerprint density at radius 2 is 1.26 bits per heavy atom. The van der Waals surface area contributed by atoms with E-state index in [1.165, 1.54) is 37.8 Å². The van der Waals surface area contributed by atoms with Crippen LogP contribution in [0.3, 0.4) is 0 Å². The number of benzene rings is 2. The molecular weight excluding hydrogens is 447 g/mol. The van der Waals surface area contributed by atoms with E-state index in [1.807, 2.05) is 0 Å². The van der Waals surface area contributed by atoms with E-state index in [0.717, 1.165) is 37.2 Å². The molecule has 0 saturated heterocycles. The Bertz CT molecular complexity index is 961. The zero-order valence-electron chi connectivity index (χ0n) is 19.4. The van der Waals surface area contributed by atoms with Gasteiger partial charge in [-0.1, -0.05) is 44.1 Å². The second-order valence-electron chi connectivity index (χ2n) is 9.96. The van der Waals surface area contributed by atoms with Gasteiger partial charge in [0.15, 0.2) is 17.5 Å². The van der Waals surface area contributed by atoms with Crippen LogP contribution in [0.15, 0.2) is 48.6 Å². The second-order valence-corrected chi connectivity index (χ2v) is 9.96. The van der Waals surface area contributed by atoms with Crippen LogP contribution in [0.4, 0.5) is 22.0 Å². The molecule has 0 radical (unpaired) electrons. The van der Waals surface area contributed by atoms with Gasteiger partial charge in [0, 0.05) is 12.1 Å². The molecule has 2 aliphatic carbocycles. The van der Waals surface area contributed by atoms with Crippen LogP contribution in [0.5, 0.6) is 5.75 Å². The molecule has 2 saturated carbocycles. The molecule has 0 atom stereocenters. The Balaban J connectivity index is 1.32. The van der Waals surface area contributed by atoms with E-state index >= 15 is 0 Å². The topological polar surface area (TPSA) is 9.23 Å². The summed E-state index contributed by atoms with van der Waals surface area (Å²) in [5.41, 5.74) is 0.571. The highest BCUT2D eigenvalue weighted by molar-refractivity contribution is 5.30. The number of halogens is 5. The monoisotopic (exact) mass is 478 g/mol. The number of rotatable bonds is 6. The second kappa shape index (κ2) is 10.5. The van der Waals surface area contributed by atoms with Gasteiger partial charge in [-0.15, -0.1) is 0 Å². The van der Waals surface area contributed by atoms with Gasteiger partial charge in [-0.05, 0) is 79.9 Å². The first-order valence-electron chi connectivity index (χ1n) is 12.2. The molecule has 6 heteroatoms. The zero-order chi connectivity index (χ0) is 24.3. The SMILES string of the molecule is CC1CCC(/C=C/C2CCC(c3ccc(C(F)(F)Oc4cc(F)c(F)c(F)c4)cc3)CC2)CC1. The molecule has 0 amide bonds. The van der Waals surface area contributed by atoms with E-state index in [9.17, 15) is 22.0 Å². The van der Waals surface area contributed by atoms with Gasteiger partial charge in [0.05, 0.1) is 5.56 Å². The molecular formula is C28H31F5O. The molecule has 0 aliphatic heterocycles. The van der Waals surface area contributed by atoms with Crippen molar-refractivity contribution in [1.29, 1.82) is 0 Å². The predicted octanol–water partition coefficient (Wildman–Crippen LogP) is 8.89.